The standard InChI is InChI=1S/C15H21N5O2S/c1-10(2)14-16-13(17-22-14)9-19(3)11-4-6-20(8-11)15(21)12-5-7-23-18-12/h5,7,10-11H,4,6,8-9H2,1-3H3. The van der Waals surface area contributed by atoms with Gasteiger partial charge in [-0.3, -0.25) is 9.69 Å². The second-order valence-electron chi connectivity index (χ2n) is 6.20. The van der Waals surface area contributed by atoms with Gasteiger partial charge in [0.25, 0.3) is 5.91 Å². The predicted molar refractivity (Wildman–Crippen MR) is 86.3 cm³/mol. The lowest BCUT2D eigenvalue weighted by Crippen LogP contribution is -2.36. The molecule has 0 aromatic carbocycles. The second-order valence-corrected chi connectivity index (χ2v) is 6.86. The lowest BCUT2D eigenvalue weighted by molar-refractivity contribution is 0.0774. The van der Waals surface area contributed by atoms with Crippen LogP contribution in [-0.2, 0) is 6.54 Å². The summed E-state index contributed by atoms with van der Waals surface area (Å²) in [5, 5.41) is 5.86. The number of nitrogens with zero attached hydrogens (tertiary/aromatic N) is 5. The number of likely N-dealkylation sites (tertiary alicyclic amines) is 1. The zero-order valence-electron chi connectivity index (χ0n) is 13.6. The van der Waals surface area contributed by atoms with Gasteiger partial charge in [0.05, 0.1) is 6.54 Å². The van der Waals surface area contributed by atoms with Crippen LogP contribution in [0.2, 0.25) is 0 Å². The van der Waals surface area contributed by atoms with Crippen molar-refractivity contribution >= 4 is 17.4 Å². The van der Waals surface area contributed by atoms with Gasteiger partial charge >= 0.3 is 0 Å². The summed E-state index contributed by atoms with van der Waals surface area (Å²) in [6.45, 7) is 6.15. The Balaban J connectivity index is 1.56. The molecule has 2 aromatic heterocycles. The molecule has 1 unspecified atom stereocenters. The van der Waals surface area contributed by atoms with Crippen LogP contribution < -0.4 is 0 Å². The summed E-state index contributed by atoms with van der Waals surface area (Å²) in [5.41, 5.74) is 0.540. The topological polar surface area (TPSA) is 75.4 Å². The summed E-state index contributed by atoms with van der Waals surface area (Å²) in [7, 11) is 2.03. The Kier molecular flexibility index (Phi) is 4.72. The van der Waals surface area contributed by atoms with Crippen molar-refractivity contribution in [1.29, 1.82) is 0 Å². The maximum absolute atomic E-state index is 12.3. The van der Waals surface area contributed by atoms with Gasteiger partial charge in [-0.2, -0.15) is 9.36 Å². The SMILES string of the molecule is CC(C)c1nc(CN(C)C2CCN(C(=O)c3ccsn3)C2)no1. The predicted octanol–water partition coefficient (Wildman–Crippen LogP) is 2.00. The third-order valence-corrected chi connectivity index (χ3v) is 4.66. The van der Waals surface area contributed by atoms with Crippen molar-refractivity contribution in [2.75, 3.05) is 20.1 Å². The molecule has 23 heavy (non-hydrogen) atoms. The van der Waals surface area contributed by atoms with Gasteiger partial charge in [0.1, 0.15) is 5.69 Å². The molecular formula is C15H21N5O2S. The lowest BCUT2D eigenvalue weighted by atomic mass is 10.2. The highest BCUT2D eigenvalue weighted by Gasteiger charge is 2.30. The van der Waals surface area contributed by atoms with E-state index >= 15 is 0 Å². The first-order chi connectivity index (χ1) is 11.0. The molecule has 0 bridgehead atoms. The first-order valence-electron chi connectivity index (χ1n) is 7.77. The van der Waals surface area contributed by atoms with Crippen LogP contribution in [0.5, 0.6) is 0 Å². The summed E-state index contributed by atoms with van der Waals surface area (Å²) < 4.78 is 9.36. The zero-order valence-corrected chi connectivity index (χ0v) is 14.4. The van der Waals surface area contributed by atoms with Gasteiger partial charge in [-0.1, -0.05) is 19.0 Å². The van der Waals surface area contributed by atoms with Crippen molar-refractivity contribution in [2.24, 2.45) is 0 Å². The largest absolute Gasteiger partial charge is 0.339 e. The van der Waals surface area contributed by atoms with E-state index in [-0.39, 0.29) is 11.8 Å². The smallest absolute Gasteiger partial charge is 0.273 e. The minimum absolute atomic E-state index is 0.0174. The number of likely N-dealkylation sites (N-methyl/N-ethyl adjacent to an activating group) is 1. The van der Waals surface area contributed by atoms with E-state index in [1.54, 1.807) is 6.07 Å². The van der Waals surface area contributed by atoms with E-state index < -0.39 is 0 Å². The van der Waals surface area contributed by atoms with E-state index in [0.29, 0.717) is 36.5 Å². The van der Waals surface area contributed by atoms with Gasteiger partial charge in [0.15, 0.2) is 5.82 Å². The van der Waals surface area contributed by atoms with Crippen LogP contribution in [0.15, 0.2) is 16.0 Å². The Morgan fingerprint density at radius 2 is 2.39 bits per heavy atom. The number of hydrogen-bond acceptors (Lipinski definition) is 7. The molecule has 0 saturated carbocycles. The zero-order chi connectivity index (χ0) is 16.4. The molecule has 0 aliphatic carbocycles. The summed E-state index contributed by atoms with van der Waals surface area (Å²) >= 11 is 1.31. The molecule has 1 fully saturated rings. The molecule has 0 radical (unpaired) electrons. The molecule has 1 aliphatic rings. The number of amides is 1. The number of aromatic nitrogens is 3. The Morgan fingerprint density at radius 1 is 1.57 bits per heavy atom. The van der Waals surface area contributed by atoms with E-state index in [9.17, 15) is 4.79 Å². The van der Waals surface area contributed by atoms with E-state index in [4.69, 9.17) is 4.52 Å². The molecule has 1 atom stereocenters. The van der Waals surface area contributed by atoms with E-state index in [1.807, 2.05) is 31.2 Å². The average molecular weight is 335 g/mol. The molecule has 2 aromatic rings. The van der Waals surface area contributed by atoms with Crippen molar-refractivity contribution in [3.05, 3.63) is 28.9 Å². The molecule has 1 amide bonds. The van der Waals surface area contributed by atoms with Gasteiger partial charge in [0, 0.05) is 30.4 Å². The highest BCUT2D eigenvalue weighted by Crippen LogP contribution is 2.19. The quantitative estimate of drug-likeness (QED) is 0.832. The summed E-state index contributed by atoms with van der Waals surface area (Å²) in [4.78, 5) is 20.8. The van der Waals surface area contributed by atoms with Crippen LogP contribution >= 0.6 is 11.5 Å². The molecule has 3 rings (SSSR count). The van der Waals surface area contributed by atoms with E-state index in [1.165, 1.54) is 11.5 Å². The summed E-state index contributed by atoms with van der Waals surface area (Å²) in [6.07, 6.45) is 0.946. The normalized spacial score (nSPS) is 18.3. The average Bonchev–Trinajstić information content (AvgIpc) is 3.27. The van der Waals surface area contributed by atoms with E-state index in [0.717, 1.165) is 13.0 Å². The van der Waals surface area contributed by atoms with Gasteiger partial charge in [0.2, 0.25) is 5.89 Å². The van der Waals surface area contributed by atoms with Crippen LogP contribution in [0.4, 0.5) is 0 Å². The molecule has 8 heteroatoms. The highest BCUT2D eigenvalue weighted by molar-refractivity contribution is 7.03. The van der Waals surface area contributed by atoms with Crippen LogP contribution in [0.25, 0.3) is 0 Å². The fraction of sp³-hybridized carbons (Fsp3) is 0.600. The molecule has 7 nitrogen and oxygen atoms in total. The molecule has 124 valence electrons. The third-order valence-electron chi connectivity index (χ3n) is 4.10. The van der Waals surface area contributed by atoms with Crippen LogP contribution in [0, 0.1) is 0 Å². The molecule has 1 saturated heterocycles. The fourth-order valence-corrected chi connectivity index (χ4v) is 3.19. The lowest BCUT2D eigenvalue weighted by Gasteiger charge is -2.23. The van der Waals surface area contributed by atoms with Gasteiger partial charge in [-0.15, -0.1) is 0 Å². The Hall–Kier alpha value is -1.80. The van der Waals surface area contributed by atoms with Crippen molar-refractivity contribution in [3.8, 4) is 0 Å². The summed E-state index contributed by atoms with van der Waals surface area (Å²) in [5.74, 6) is 1.61. The third kappa shape index (κ3) is 3.59. The molecular weight excluding hydrogens is 314 g/mol. The maximum Gasteiger partial charge on any atom is 0.273 e. The molecule has 0 N–H and O–H groups in total. The van der Waals surface area contributed by atoms with E-state index in [2.05, 4.69) is 19.4 Å². The number of carbonyl (C=O) groups excluding carboxylic acids is 1. The highest BCUT2D eigenvalue weighted by atomic mass is 32.1. The fourth-order valence-electron chi connectivity index (χ4n) is 2.69. The van der Waals surface area contributed by atoms with Gasteiger partial charge in [-0.25, -0.2) is 0 Å². The Morgan fingerprint density at radius 3 is 3.04 bits per heavy atom. The minimum atomic E-state index is 0.0174. The van der Waals surface area contributed by atoms with Gasteiger partial charge in [-0.05, 0) is 31.1 Å². The number of hydrogen-bond donors (Lipinski definition) is 0. The Bertz CT molecular complexity index is 655. The van der Waals surface area contributed by atoms with Gasteiger partial charge < -0.3 is 9.42 Å². The maximum atomic E-state index is 12.3. The van der Waals surface area contributed by atoms with Crippen molar-refractivity contribution in [1.82, 2.24) is 24.3 Å². The molecule has 1 aliphatic heterocycles. The van der Waals surface area contributed by atoms with Crippen molar-refractivity contribution in [2.45, 2.75) is 38.8 Å². The monoisotopic (exact) mass is 335 g/mol. The number of rotatable bonds is 5. The Labute approximate surface area is 139 Å². The first-order valence-corrected chi connectivity index (χ1v) is 8.60. The number of carbonyl (C=O) groups is 1. The van der Waals surface area contributed by atoms with Crippen LogP contribution in [0.1, 0.15) is 48.4 Å². The van der Waals surface area contributed by atoms with Crippen LogP contribution in [-0.4, -0.2) is 56.4 Å². The summed E-state index contributed by atoms with van der Waals surface area (Å²) in [6, 6.07) is 2.08. The molecule has 3 heterocycles. The van der Waals surface area contributed by atoms with Crippen molar-refractivity contribution < 1.29 is 9.32 Å². The minimum Gasteiger partial charge on any atom is -0.339 e. The second kappa shape index (κ2) is 6.76. The first kappa shape index (κ1) is 16.1. The van der Waals surface area contributed by atoms with Crippen molar-refractivity contribution in [3.63, 3.8) is 0 Å². The van der Waals surface area contributed by atoms with Crippen LogP contribution in [0.3, 0.4) is 0 Å². The molecule has 0 spiro atoms.